The number of nitrogens with one attached hydrogen (secondary N) is 2. The Morgan fingerprint density at radius 3 is 2.52 bits per heavy atom. The molecule has 7 heteroatoms. The molecule has 4 rings (SSSR count). The lowest BCUT2D eigenvalue weighted by Gasteiger charge is -2.24. The number of fused-ring (bicyclic) bond motifs is 1. The van der Waals surface area contributed by atoms with Gasteiger partial charge in [-0.3, -0.25) is 9.78 Å². The predicted octanol–water partition coefficient (Wildman–Crippen LogP) is 3.58. The third kappa shape index (κ3) is 4.40. The maximum Gasteiger partial charge on any atom is 0.252 e. The van der Waals surface area contributed by atoms with Gasteiger partial charge in [0.2, 0.25) is 0 Å². The van der Waals surface area contributed by atoms with Crippen molar-refractivity contribution < 1.29 is 9.18 Å². The number of carbonyl (C=O) groups excluding carboxylic acids is 1. The number of nitrogens with zero attached hydrogens (tertiary/aromatic N) is 1. The Hall–Kier alpha value is -1.43. The maximum absolute atomic E-state index is 13.6. The Morgan fingerprint density at radius 2 is 1.84 bits per heavy atom. The molecule has 1 saturated carbocycles. The minimum atomic E-state index is -0.339. The fourth-order valence-electron chi connectivity index (χ4n) is 3.22. The van der Waals surface area contributed by atoms with Crippen LogP contribution in [0.5, 0.6) is 0 Å². The van der Waals surface area contributed by atoms with Crippen molar-refractivity contribution in [3.8, 4) is 0 Å². The summed E-state index contributed by atoms with van der Waals surface area (Å²) in [6, 6.07) is 6.52. The van der Waals surface area contributed by atoms with Crippen LogP contribution in [0.3, 0.4) is 0 Å². The summed E-state index contributed by atoms with van der Waals surface area (Å²) in [5, 5.41) is 6.99. The molecule has 2 N–H and O–H groups in total. The zero-order valence-corrected chi connectivity index (χ0v) is 15.4. The number of amides is 1. The van der Waals surface area contributed by atoms with Gasteiger partial charge in [-0.25, -0.2) is 4.39 Å². The van der Waals surface area contributed by atoms with Gasteiger partial charge in [0, 0.05) is 23.0 Å². The van der Waals surface area contributed by atoms with Crippen molar-refractivity contribution in [1.82, 2.24) is 15.6 Å². The van der Waals surface area contributed by atoms with Crippen LogP contribution in [-0.4, -0.2) is 30.0 Å². The number of piperidine rings is 1. The van der Waals surface area contributed by atoms with Crippen LogP contribution in [0.15, 0.2) is 24.3 Å². The lowest BCUT2D eigenvalue weighted by atomic mass is 10.0. The van der Waals surface area contributed by atoms with Crippen LogP contribution < -0.4 is 10.6 Å². The first-order valence-electron chi connectivity index (χ1n) is 8.32. The minimum Gasteiger partial charge on any atom is -0.349 e. The lowest BCUT2D eigenvalue weighted by Crippen LogP contribution is -2.42. The van der Waals surface area contributed by atoms with E-state index in [0.29, 0.717) is 22.4 Å². The monoisotopic (exact) mass is 385 g/mol. The van der Waals surface area contributed by atoms with Gasteiger partial charge in [-0.1, -0.05) is 0 Å². The van der Waals surface area contributed by atoms with Gasteiger partial charge in [0.05, 0.1) is 11.1 Å². The van der Waals surface area contributed by atoms with E-state index in [4.69, 9.17) is 0 Å². The highest BCUT2D eigenvalue weighted by molar-refractivity contribution is 6.06. The van der Waals surface area contributed by atoms with Gasteiger partial charge < -0.3 is 10.6 Å². The summed E-state index contributed by atoms with van der Waals surface area (Å²) in [4.78, 5) is 17.4. The molecule has 4 nitrogen and oxygen atoms in total. The van der Waals surface area contributed by atoms with E-state index in [-0.39, 0.29) is 42.6 Å². The highest BCUT2D eigenvalue weighted by Gasteiger charge is 2.27. The van der Waals surface area contributed by atoms with E-state index < -0.39 is 0 Å². The van der Waals surface area contributed by atoms with Crippen molar-refractivity contribution in [3.63, 3.8) is 0 Å². The molecule has 0 atom stereocenters. The normalized spacial score (nSPS) is 17.5. The molecule has 25 heavy (non-hydrogen) atoms. The number of hydrogen-bond donors (Lipinski definition) is 2. The topological polar surface area (TPSA) is 54.0 Å². The first-order chi connectivity index (χ1) is 11.2. The van der Waals surface area contributed by atoms with Crippen LogP contribution in [0.1, 0.15) is 47.7 Å². The zero-order chi connectivity index (χ0) is 15.8. The number of hydrogen-bond acceptors (Lipinski definition) is 3. The summed E-state index contributed by atoms with van der Waals surface area (Å²) < 4.78 is 13.6. The molecular weight excluding hydrogens is 364 g/mol. The Kier molecular flexibility index (Phi) is 6.60. The van der Waals surface area contributed by atoms with Crippen LogP contribution in [0.4, 0.5) is 4.39 Å². The highest BCUT2D eigenvalue weighted by atomic mass is 35.5. The average molecular weight is 386 g/mol. The molecule has 1 saturated heterocycles. The van der Waals surface area contributed by atoms with Crippen LogP contribution in [0.2, 0.25) is 0 Å². The van der Waals surface area contributed by atoms with Gasteiger partial charge >= 0.3 is 0 Å². The minimum absolute atomic E-state index is 0. The van der Waals surface area contributed by atoms with E-state index in [1.54, 1.807) is 6.07 Å². The van der Waals surface area contributed by atoms with E-state index >= 15 is 0 Å². The zero-order valence-electron chi connectivity index (χ0n) is 13.8. The number of pyridine rings is 1. The molecule has 1 aromatic heterocycles. The fraction of sp³-hybridized carbons (Fsp3) is 0.444. The van der Waals surface area contributed by atoms with E-state index in [1.165, 1.54) is 12.1 Å². The van der Waals surface area contributed by atoms with Gasteiger partial charge in [0.1, 0.15) is 5.82 Å². The molecule has 2 aliphatic rings. The molecular formula is C18H22Cl2FN3O. The molecule has 1 amide bonds. The first kappa shape index (κ1) is 19.9. The molecule has 0 bridgehead atoms. The van der Waals surface area contributed by atoms with Gasteiger partial charge in [-0.2, -0.15) is 0 Å². The first-order valence-corrected chi connectivity index (χ1v) is 8.32. The van der Waals surface area contributed by atoms with E-state index in [9.17, 15) is 9.18 Å². The molecule has 2 heterocycles. The Labute approximate surface area is 158 Å². The molecule has 0 spiro atoms. The van der Waals surface area contributed by atoms with Crippen LogP contribution in [-0.2, 0) is 0 Å². The molecule has 136 valence electrons. The summed E-state index contributed by atoms with van der Waals surface area (Å²) in [5.74, 6) is 0.000993. The average Bonchev–Trinajstić information content (AvgIpc) is 3.39. The van der Waals surface area contributed by atoms with Gasteiger partial charge in [-0.15, -0.1) is 24.8 Å². The van der Waals surface area contributed by atoms with Crippen LogP contribution in [0, 0.1) is 5.82 Å². The smallest absolute Gasteiger partial charge is 0.252 e. The molecule has 0 unspecified atom stereocenters. The highest BCUT2D eigenvalue weighted by Crippen LogP contribution is 2.40. The van der Waals surface area contributed by atoms with E-state index in [0.717, 1.165) is 44.5 Å². The van der Waals surface area contributed by atoms with Crippen molar-refractivity contribution in [2.45, 2.75) is 37.6 Å². The van der Waals surface area contributed by atoms with Crippen molar-refractivity contribution in [1.29, 1.82) is 0 Å². The van der Waals surface area contributed by atoms with E-state index in [1.807, 2.05) is 6.07 Å². The van der Waals surface area contributed by atoms with Crippen molar-refractivity contribution in [2.24, 2.45) is 0 Å². The van der Waals surface area contributed by atoms with Crippen LogP contribution >= 0.6 is 24.8 Å². The molecule has 1 aliphatic carbocycles. The van der Waals surface area contributed by atoms with Crippen molar-refractivity contribution >= 4 is 41.6 Å². The van der Waals surface area contributed by atoms with Gasteiger partial charge in [0.15, 0.2) is 0 Å². The quantitative estimate of drug-likeness (QED) is 0.848. The molecule has 2 fully saturated rings. The van der Waals surface area contributed by atoms with Gasteiger partial charge in [-0.05, 0) is 63.0 Å². The summed E-state index contributed by atoms with van der Waals surface area (Å²) >= 11 is 0. The Morgan fingerprint density at radius 1 is 1.12 bits per heavy atom. The number of halogens is 3. The SMILES string of the molecule is Cl.Cl.O=C(NC1CCNCC1)c1cc(C2CC2)nc2ccc(F)cc12. The summed E-state index contributed by atoms with van der Waals surface area (Å²) in [7, 11) is 0. The number of benzene rings is 1. The fourth-order valence-corrected chi connectivity index (χ4v) is 3.22. The third-order valence-corrected chi connectivity index (χ3v) is 4.71. The van der Waals surface area contributed by atoms with E-state index in [2.05, 4.69) is 15.6 Å². The Balaban J connectivity index is 0.00000113. The maximum atomic E-state index is 13.6. The molecule has 1 aromatic carbocycles. The van der Waals surface area contributed by atoms with Crippen LogP contribution in [0.25, 0.3) is 10.9 Å². The second kappa shape index (κ2) is 8.30. The van der Waals surface area contributed by atoms with Gasteiger partial charge in [0.25, 0.3) is 5.91 Å². The van der Waals surface area contributed by atoms with Crippen molar-refractivity contribution in [2.75, 3.05) is 13.1 Å². The lowest BCUT2D eigenvalue weighted by molar-refractivity contribution is 0.0931. The molecule has 0 radical (unpaired) electrons. The standard InChI is InChI=1S/C18H20FN3O.2ClH/c19-12-3-4-16-14(9-12)15(10-17(22-16)11-1-2-11)18(23)21-13-5-7-20-8-6-13;;/h3-4,9-11,13,20H,1-2,5-8H2,(H,21,23);2*1H. The molecule has 2 aromatic rings. The number of rotatable bonds is 3. The Bertz CT molecular complexity index is 761. The number of aromatic nitrogens is 1. The number of carbonyl (C=O) groups is 1. The van der Waals surface area contributed by atoms with Crippen molar-refractivity contribution in [3.05, 3.63) is 41.3 Å². The largest absolute Gasteiger partial charge is 0.349 e. The second-order valence-electron chi connectivity index (χ2n) is 6.53. The molecule has 1 aliphatic heterocycles. The summed E-state index contributed by atoms with van der Waals surface area (Å²) in [5.41, 5.74) is 2.21. The summed E-state index contributed by atoms with van der Waals surface area (Å²) in [6.07, 6.45) is 4.10. The predicted molar refractivity (Wildman–Crippen MR) is 102 cm³/mol. The third-order valence-electron chi connectivity index (χ3n) is 4.71. The summed E-state index contributed by atoms with van der Waals surface area (Å²) in [6.45, 7) is 1.84. The second-order valence-corrected chi connectivity index (χ2v) is 6.53.